The largest absolute Gasteiger partial charge is 0.402 e. The smallest absolute Gasteiger partial charge is 0.00801 e. The van der Waals surface area contributed by atoms with Gasteiger partial charge in [-0.15, -0.1) is 0 Å². The van der Waals surface area contributed by atoms with Crippen LogP contribution in [-0.4, -0.2) is 0 Å². The van der Waals surface area contributed by atoms with Gasteiger partial charge in [0.1, 0.15) is 0 Å². The second-order valence-electron chi connectivity index (χ2n) is 1.73. The molecule has 0 heterocycles. The van der Waals surface area contributed by atoms with E-state index in [0.717, 1.165) is 18.5 Å². The van der Waals surface area contributed by atoms with Gasteiger partial charge in [0.25, 0.3) is 0 Å². The summed E-state index contributed by atoms with van der Waals surface area (Å²) in [7, 11) is 0. The Balaban J connectivity index is 0. The molecule has 0 rings (SSSR count). The maximum atomic E-state index is 5.48. The quantitative estimate of drug-likeness (QED) is 0.601. The van der Waals surface area contributed by atoms with Crippen molar-refractivity contribution >= 4 is 0 Å². The predicted molar refractivity (Wildman–Crippen MR) is 48.7 cm³/mol. The standard InChI is InChI=1S/C7H13N.C2H6/c1-3-5-7(8)6-4-2;1-2/h3,5H,1,4,6,8H2,2H3;1-2H3/b7-5+;. The Labute approximate surface area is 64.6 Å². The molecule has 0 aliphatic heterocycles. The van der Waals surface area contributed by atoms with Crippen LogP contribution in [0.1, 0.15) is 33.6 Å². The fourth-order valence-electron chi connectivity index (χ4n) is 0.523. The highest BCUT2D eigenvalue weighted by atomic mass is 14.6. The SMILES string of the molecule is C=C/C=C(/N)CCC.CC. The van der Waals surface area contributed by atoms with E-state index >= 15 is 0 Å². The first-order valence-corrected chi connectivity index (χ1v) is 3.88. The van der Waals surface area contributed by atoms with Crippen LogP contribution in [0, 0.1) is 0 Å². The minimum atomic E-state index is 0.919. The van der Waals surface area contributed by atoms with Gasteiger partial charge in [0.15, 0.2) is 0 Å². The summed E-state index contributed by atoms with van der Waals surface area (Å²) in [5.41, 5.74) is 6.40. The molecule has 60 valence electrons. The van der Waals surface area contributed by atoms with E-state index < -0.39 is 0 Å². The van der Waals surface area contributed by atoms with Crippen molar-refractivity contribution in [3.05, 3.63) is 24.4 Å². The lowest BCUT2D eigenvalue weighted by Crippen LogP contribution is -1.94. The van der Waals surface area contributed by atoms with Crippen LogP contribution in [0.25, 0.3) is 0 Å². The molecule has 0 aliphatic carbocycles. The molecule has 0 amide bonds. The van der Waals surface area contributed by atoms with Gasteiger partial charge in [-0.05, 0) is 12.5 Å². The van der Waals surface area contributed by atoms with Crippen LogP contribution < -0.4 is 5.73 Å². The van der Waals surface area contributed by atoms with E-state index in [2.05, 4.69) is 13.5 Å². The second kappa shape index (κ2) is 11.1. The highest BCUT2D eigenvalue weighted by Gasteiger charge is 1.81. The molecule has 0 fully saturated rings. The van der Waals surface area contributed by atoms with Crippen molar-refractivity contribution in [2.75, 3.05) is 0 Å². The maximum absolute atomic E-state index is 5.48. The monoisotopic (exact) mass is 141 g/mol. The third kappa shape index (κ3) is 10.3. The molecular weight excluding hydrogens is 122 g/mol. The van der Waals surface area contributed by atoms with Gasteiger partial charge in [-0.1, -0.05) is 39.8 Å². The maximum Gasteiger partial charge on any atom is 0.00801 e. The van der Waals surface area contributed by atoms with Crippen LogP contribution >= 0.6 is 0 Å². The van der Waals surface area contributed by atoms with Gasteiger partial charge in [0.05, 0.1) is 0 Å². The predicted octanol–water partition coefficient (Wildman–Crippen LogP) is 2.84. The van der Waals surface area contributed by atoms with E-state index in [1.807, 2.05) is 19.9 Å². The molecule has 0 saturated carbocycles. The third-order valence-corrected chi connectivity index (χ3v) is 0.871. The summed E-state index contributed by atoms with van der Waals surface area (Å²) in [6.07, 6.45) is 5.64. The summed E-state index contributed by atoms with van der Waals surface area (Å²) >= 11 is 0. The Morgan fingerprint density at radius 3 is 2.30 bits per heavy atom. The molecule has 0 saturated heterocycles. The summed E-state index contributed by atoms with van der Waals surface area (Å²) in [6, 6.07) is 0. The van der Waals surface area contributed by atoms with E-state index in [0.29, 0.717) is 0 Å². The fraction of sp³-hybridized carbons (Fsp3) is 0.556. The summed E-state index contributed by atoms with van der Waals surface area (Å²) in [4.78, 5) is 0. The average Bonchev–Trinajstić information content (AvgIpc) is 1.93. The molecule has 0 bridgehead atoms. The van der Waals surface area contributed by atoms with Crippen molar-refractivity contribution in [3.63, 3.8) is 0 Å². The molecule has 1 nitrogen and oxygen atoms in total. The van der Waals surface area contributed by atoms with Gasteiger partial charge >= 0.3 is 0 Å². The number of allylic oxidation sites excluding steroid dienone is 3. The topological polar surface area (TPSA) is 26.0 Å². The van der Waals surface area contributed by atoms with Crippen molar-refractivity contribution in [3.8, 4) is 0 Å². The highest BCUT2D eigenvalue weighted by molar-refractivity contribution is 5.05. The van der Waals surface area contributed by atoms with Crippen molar-refractivity contribution < 1.29 is 0 Å². The molecule has 0 aliphatic rings. The number of hydrogen-bond donors (Lipinski definition) is 1. The molecule has 2 N–H and O–H groups in total. The lowest BCUT2D eigenvalue weighted by Gasteiger charge is -1.92. The summed E-state index contributed by atoms with van der Waals surface area (Å²) in [5.74, 6) is 0. The van der Waals surface area contributed by atoms with Crippen molar-refractivity contribution in [1.29, 1.82) is 0 Å². The molecule has 0 unspecified atom stereocenters. The van der Waals surface area contributed by atoms with Gasteiger partial charge in [0, 0.05) is 5.70 Å². The molecular formula is C9H19N. The Bertz CT molecular complexity index is 92.9. The van der Waals surface area contributed by atoms with Crippen molar-refractivity contribution in [2.24, 2.45) is 5.73 Å². The Morgan fingerprint density at radius 2 is 2.00 bits per heavy atom. The van der Waals surface area contributed by atoms with Crippen molar-refractivity contribution in [1.82, 2.24) is 0 Å². The van der Waals surface area contributed by atoms with Gasteiger partial charge in [-0.3, -0.25) is 0 Å². The minimum absolute atomic E-state index is 0.919. The van der Waals surface area contributed by atoms with E-state index in [4.69, 9.17) is 5.73 Å². The second-order valence-corrected chi connectivity index (χ2v) is 1.73. The molecule has 0 spiro atoms. The molecule has 0 aromatic heterocycles. The Morgan fingerprint density at radius 1 is 1.50 bits per heavy atom. The van der Waals surface area contributed by atoms with Gasteiger partial charge in [0.2, 0.25) is 0 Å². The van der Waals surface area contributed by atoms with E-state index in [9.17, 15) is 0 Å². The fourth-order valence-corrected chi connectivity index (χ4v) is 0.523. The summed E-state index contributed by atoms with van der Waals surface area (Å²) in [6.45, 7) is 9.63. The number of rotatable bonds is 3. The summed E-state index contributed by atoms with van der Waals surface area (Å²) in [5, 5.41) is 0. The van der Waals surface area contributed by atoms with E-state index in [1.165, 1.54) is 0 Å². The Hall–Kier alpha value is -0.720. The lowest BCUT2D eigenvalue weighted by molar-refractivity contribution is 0.893. The first-order chi connectivity index (χ1) is 4.81. The van der Waals surface area contributed by atoms with Crippen LogP contribution in [0.5, 0.6) is 0 Å². The average molecular weight is 141 g/mol. The van der Waals surface area contributed by atoms with Crippen LogP contribution in [-0.2, 0) is 0 Å². The molecule has 10 heavy (non-hydrogen) atoms. The first kappa shape index (κ1) is 12.0. The molecule has 0 radical (unpaired) electrons. The van der Waals surface area contributed by atoms with Crippen LogP contribution in [0.2, 0.25) is 0 Å². The zero-order chi connectivity index (χ0) is 8.41. The zero-order valence-corrected chi connectivity index (χ0v) is 7.35. The van der Waals surface area contributed by atoms with Gasteiger partial charge in [-0.25, -0.2) is 0 Å². The lowest BCUT2D eigenvalue weighted by atomic mass is 10.2. The number of nitrogens with two attached hydrogens (primary N) is 1. The molecule has 1 heteroatoms. The molecule has 0 aromatic carbocycles. The molecule has 0 aromatic rings. The third-order valence-electron chi connectivity index (χ3n) is 0.871. The van der Waals surface area contributed by atoms with E-state index in [-0.39, 0.29) is 0 Å². The molecule has 0 atom stereocenters. The minimum Gasteiger partial charge on any atom is -0.402 e. The zero-order valence-electron chi connectivity index (χ0n) is 7.35. The van der Waals surface area contributed by atoms with Crippen LogP contribution in [0.4, 0.5) is 0 Å². The summed E-state index contributed by atoms with van der Waals surface area (Å²) < 4.78 is 0. The number of hydrogen-bond acceptors (Lipinski definition) is 1. The first-order valence-electron chi connectivity index (χ1n) is 3.88. The van der Waals surface area contributed by atoms with Gasteiger partial charge in [-0.2, -0.15) is 0 Å². The van der Waals surface area contributed by atoms with Crippen LogP contribution in [0.15, 0.2) is 24.4 Å². The van der Waals surface area contributed by atoms with Crippen molar-refractivity contribution in [2.45, 2.75) is 33.6 Å². The van der Waals surface area contributed by atoms with Gasteiger partial charge < -0.3 is 5.73 Å². The van der Waals surface area contributed by atoms with Crippen LogP contribution in [0.3, 0.4) is 0 Å². The highest BCUT2D eigenvalue weighted by Crippen LogP contribution is 1.95. The Kier molecular flexibility index (Phi) is 13.4. The normalized spacial score (nSPS) is 9.70. The van der Waals surface area contributed by atoms with E-state index in [1.54, 1.807) is 6.08 Å².